The quantitative estimate of drug-likeness (QED) is 0.178. The van der Waals surface area contributed by atoms with Crippen molar-refractivity contribution in [2.45, 2.75) is 0 Å². The third kappa shape index (κ3) is 3.64. The van der Waals surface area contributed by atoms with Crippen molar-refractivity contribution in [2.24, 2.45) is 0 Å². The maximum atomic E-state index is 5.71. The molecular formula is C52H29N5. The van der Waals surface area contributed by atoms with Gasteiger partial charge >= 0.3 is 0 Å². The predicted molar refractivity (Wildman–Crippen MR) is 238 cm³/mol. The number of aromatic nitrogens is 5. The van der Waals surface area contributed by atoms with E-state index < -0.39 is 0 Å². The van der Waals surface area contributed by atoms with Crippen molar-refractivity contribution in [1.82, 2.24) is 23.5 Å². The Hall–Kier alpha value is -7.76. The molecule has 9 aromatic carbocycles. The Morgan fingerprint density at radius 3 is 1.61 bits per heavy atom. The van der Waals surface area contributed by atoms with Crippen LogP contribution in [0, 0.1) is 0 Å². The maximum absolute atomic E-state index is 5.71. The SMILES string of the molecule is c1ccc2c(c1)ccc1c2c2ccccc2n1-c1nc(-n2c3ccccc3c3cc4c5ccccc5n5c6ccc7ccccc7c6c(c32)c45)c2ccccc2n1. The molecule has 0 unspecified atom stereocenters. The van der Waals surface area contributed by atoms with Crippen molar-refractivity contribution in [3.8, 4) is 11.8 Å². The van der Waals surface area contributed by atoms with Gasteiger partial charge in [-0.1, -0.05) is 127 Å². The Balaban J connectivity index is 1.21. The van der Waals surface area contributed by atoms with E-state index in [-0.39, 0.29) is 0 Å². The zero-order valence-corrected chi connectivity index (χ0v) is 30.5. The minimum absolute atomic E-state index is 0.647. The molecule has 5 aromatic heterocycles. The molecule has 0 aliphatic rings. The van der Waals surface area contributed by atoms with Gasteiger partial charge in [0, 0.05) is 48.5 Å². The fraction of sp³-hybridized carbons (Fsp3) is 0. The lowest BCUT2D eigenvalue weighted by atomic mass is 9.99. The summed E-state index contributed by atoms with van der Waals surface area (Å²) in [5.41, 5.74) is 9.01. The van der Waals surface area contributed by atoms with E-state index in [1.165, 1.54) is 81.2 Å². The number of benzene rings is 9. The van der Waals surface area contributed by atoms with Crippen LogP contribution in [0.3, 0.4) is 0 Å². The van der Waals surface area contributed by atoms with Gasteiger partial charge in [-0.25, -0.2) is 4.98 Å². The predicted octanol–water partition coefficient (Wildman–Crippen LogP) is 13.3. The first-order chi connectivity index (χ1) is 28.3. The van der Waals surface area contributed by atoms with Crippen LogP contribution in [0.5, 0.6) is 0 Å². The van der Waals surface area contributed by atoms with Gasteiger partial charge in [-0.05, 0) is 70.1 Å². The van der Waals surface area contributed by atoms with E-state index in [1.807, 2.05) is 0 Å². The van der Waals surface area contributed by atoms with Gasteiger partial charge in [0.15, 0.2) is 5.82 Å². The highest BCUT2D eigenvalue weighted by Gasteiger charge is 2.27. The van der Waals surface area contributed by atoms with Crippen LogP contribution in [0.1, 0.15) is 0 Å². The second kappa shape index (κ2) is 10.5. The first-order valence-electron chi connectivity index (χ1n) is 19.5. The molecule has 5 nitrogen and oxygen atoms in total. The molecule has 0 aliphatic heterocycles. The molecule has 57 heavy (non-hydrogen) atoms. The van der Waals surface area contributed by atoms with Crippen molar-refractivity contribution in [1.29, 1.82) is 0 Å². The summed E-state index contributed by atoms with van der Waals surface area (Å²) >= 11 is 0. The zero-order valence-electron chi connectivity index (χ0n) is 30.5. The summed E-state index contributed by atoms with van der Waals surface area (Å²) < 4.78 is 7.20. The van der Waals surface area contributed by atoms with Crippen molar-refractivity contribution in [3.05, 3.63) is 176 Å². The molecule has 0 saturated heterocycles. The molecular weight excluding hydrogens is 695 g/mol. The van der Waals surface area contributed by atoms with Crippen molar-refractivity contribution in [3.63, 3.8) is 0 Å². The maximum Gasteiger partial charge on any atom is 0.237 e. The minimum atomic E-state index is 0.647. The van der Waals surface area contributed by atoms with Gasteiger partial charge < -0.3 is 4.40 Å². The lowest BCUT2D eigenvalue weighted by Crippen LogP contribution is -2.07. The van der Waals surface area contributed by atoms with Crippen LogP contribution in [-0.4, -0.2) is 23.5 Å². The van der Waals surface area contributed by atoms with Crippen LogP contribution < -0.4 is 0 Å². The summed E-state index contributed by atoms with van der Waals surface area (Å²) in [4.78, 5) is 11.1. The van der Waals surface area contributed by atoms with Gasteiger partial charge in [-0.3, -0.25) is 9.13 Å². The topological polar surface area (TPSA) is 40.0 Å². The smallest absolute Gasteiger partial charge is 0.237 e. The molecule has 0 fully saturated rings. The number of fused-ring (bicyclic) bond motifs is 18. The fourth-order valence-corrected chi connectivity index (χ4v) is 10.3. The van der Waals surface area contributed by atoms with Crippen LogP contribution in [0.4, 0.5) is 0 Å². The molecule has 5 heteroatoms. The molecule has 14 rings (SSSR count). The average Bonchev–Trinajstić information content (AvgIpc) is 4.00. The Morgan fingerprint density at radius 2 is 0.860 bits per heavy atom. The molecule has 0 saturated carbocycles. The summed E-state index contributed by atoms with van der Waals surface area (Å²) in [6.07, 6.45) is 0. The van der Waals surface area contributed by atoms with Gasteiger partial charge in [0.05, 0.1) is 44.1 Å². The number of nitrogens with zero attached hydrogens (tertiary/aromatic N) is 5. The van der Waals surface area contributed by atoms with E-state index in [4.69, 9.17) is 9.97 Å². The fourth-order valence-electron chi connectivity index (χ4n) is 10.3. The number of para-hydroxylation sites is 4. The molecule has 0 bridgehead atoms. The van der Waals surface area contributed by atoms with Crippen LogP contribution in [0.2, 0.25) is 0 Å². The first-order valence-corrected chi connectivity index (χ1v) is 19.5. The first kappa shape index (κ1) is 29.6. The molecule has 0 spiro atoms. The van der Waals surface area contributed by atoms with E-state index >= 15 is 0 Å². The lowest BCUT2D eigenvalue weighted by Gasteiger charge is -2.15. The minimum Gasteiger partial charge on any atom is -0.308 e. The number of hydrogen-bond acceptors (Lipinski definition) is 2. The van der Waals surface area contributed by atoms with Crippen LogP contribution in [-0.2, 0) is 0 Å². The molecule has 0 atom stereocenters. The number of rotatable bonds is 2. The second-order valence-electron chi connectivity index (χ2n) is 15.3. The van der Waals surface area contributed by atoms with Gasteiger partial charge in [0.25, 0.3) is 0 Å². The highest BCUT2D eigenvalue weighted by atomic mass is 15.2. The Morgan fingerprint density at radius 1 is 0.316 bits per heavy atom. The molecule has 0 radical (unpaired) electrons. The summed E-state index contributed by atoms with van der Waals surface area (Å²) in [6.45, 7) is 0. The van der Waals surface area contributed by atoms with Gasteiger partial charge in [-0.15, -0.1) is 0 Å². The summed E-state index contributed by atoms with van der Waals surface area (Å²) in [5, 5.41) is 15.8. The van der Waals surface area contributed by atoms with Crippen molar-refractivity contribution >= 4 is 114 Å². The van der Waals surface area contributed by atoms with E-state index in [0.29, 0.717) is 5.95 Å². The number of hydrogen-bond donors (Lipinski definition) is 0. The zero-order chi connectivity index (χ0) is 36.9. The van der Waals surface area contributed by atoms with Gasteiger partial charge in [-0.2, -0.15) is 4.98 Å². The Kier molecular flexibility index (Phi) is 5.45. The van der Waals surface area contributed by atoms with Crippen LogP contribution >= 0.6 is 0 Å². The molecule has 0 N–H and O–H groups in total. The highest BCUT2D eigenvalue weighted by Crippen LogP contribution is 2.48. The monoisotopic (exact) mass is 723 g/mol. The van der Waals surface area contributed by atoms with Crippen LogP contribution in [0.15, 0.2) is 176 Å². The highest BCUT2D eigenvalue weighted by molar-refractivity contribution is 6.37. The van der Waals surface area contributed by atoms with Gasteiger partial charge in [0.2, 0.25) is 5.95 Å². The molecule has 0 aliphatic carbocycles. The normalized spacial score (nSPS) is 12.6. The summed E-state index contributed by atoms with van der Waals surface area (Å²) in [7, 11) is 0. The molecule has 5 heterocycles. The third-order valence-electron chi connectivity index (χ3n) is 12.5. The van der Waals surface area contributed by atoms with E-state index in [0.717, 1.165) is 38.8 Å². The third-order valence-corrected chi connectivity index (χ3v) is 12.5. The van der Waals surface area contributed by atoms with E-state index in [2.05, 4.69) is 189 Å². The van der Waals surface area contributed by atoms with E-state index in [9.17, 15) is 0 Å². The lowest BCUT2D eigenvalue weighted by molar-refractivity contribution is 0.974. The van der Waals surface area contributed by atoms with Gasteiger partial charge in [0.1, 0.15) is 0 Å². The van der Waals surface area contributed by atoms with Crippen molar-refractivity contribution in [2.75, 3.05) is 0 Å². The largest absolute Gasteiger partial charge is 0.308 e. The molecule has 262 valence electrons. The molecule has 14 aromatic rings. The van der Waals surface area contributed by atoms with Crippen LogP contribution in [0.25, 0.3) is 126 Å². The standard InChI is InChI=1S/C52H29N5/c1-3-15-32-30(13-1)25-27-44-46(32)37-20-8-12-24-43(37)56(44)52-53-40-21-9-5-19-36(40)51(54-52)57-42-23-11-7-18-35(42)39-29-38-34-17-6-10-22-41(34)55-45-28-26-31-14-2-4-16-33(31)47(45)48(49(38)55)50(39)57/h1-29H. The Labute approximate surface area is 324 Å². The summed E-state index contributed by atoms with van der Waals surface area (Å²) in [6, 6.07) is 63.8. The van der Waals surface area contributed by atoms with Crippen molar-refractivity contribution < 1.29 is 0 Å². The second-order valence-corrected chi connectivity index (χ2v) is 15.3. The molecule has 0 amide bonds. The average molecular weight is 724 g/mol. The van der Waals surface area contributed by atoms with E-state index in [1.54, 1.807) is 0 Å². The summed E-state index contributed by atoms with van der Waals surface area (Å²) in [5.74, 6) is 1.51. The Bertz CT molecular complexity index is 4050.